The van der Waals surface area contributed by atoms with E-state index in [1.54, 1.807) is 13.1 Å². The molecule has 2 N–H and O–H groups in total. The van der Waals surface area contributed by atoms with Crippen LogP contribution in [0.1, 0.15) is 16.7 Å². The van der Waals surface area contributed by atoms with Gasteiger partial charge in [-0.2, -0.15) is 5.10 Å². The van der Waals surface area contributed by atoms with Gasteiger partial charge in [0, 0.05) is 31.9 Å². The summed E-state index contributed by atoms with van der Waals surface area (Å²) < 4.78 is 15.1. The fraction of sp³-hybridized carbons (Fsp3) is 0.200. The molecule has 0 aliphatic heterocycles. The van der Waals surface area contributed by atoms with Crippen LogP contribution >= 0.6 is 24.0 Å². The van der Waals surface area contributed by atoms with E-state index in [0.29, 0.717) is 19.0 Å². The Morgan fingerprint density at radius 2 is 1.70 bits per heavy atom. The molecule has 0 fully saturated rings. The fourth-order valence-corrected chi connectivity index (χ4v) is 2.59. The lowest BCUT2D eigenvalue weighted by Crippen LogP contribution is -2.36. The molecule has 0 aliphatic carbocycles. The lowest BCUT2D eigenvalue weighted by Gasteiger charge is -2.11. The Labute approximate surface area is 175 Å². The molecule has 27 heavy (non-hydrogen) atoms. The van der Waals surface area contributed by atoms with E-state index in [4.69, 9.17) is 0 Å². The monoisotopic (exact) mass is 479 g/mol. The molecular weight excluding hydrogens is 456 g/mol. The topological polar surface area (TPSA) is 54.2 Å². The zero-order valence-corrected chi connectivity index (χ0v) is 17.4. The maximum absolute atomic E-state index is 13.2. The van der Waals surface area contributed by atoms with Gasteiger partial charge in [-0.1, -0.05) is 42.5 Å². The number of rotatable bonds is 6. The summed E-state index contributed by atoms with van der Waals surface area (Å²) in [6, 6.07) is 16.7. The number of hydrogen-bond acceptors (Lipinski definition) is 2. The van der Waals surface area contributed by atoms with Gasteiger partial charge in [0.25, 0.3) is 0 Å². The van der Waals surface area contributed by atoms with Crippen molar-refractivity contribution in [3.05, 3.63) is 89.5 Å². The summed E-state index contributed by atoms with van der Waals surface area (Å²) in [6.07, 6.45) is 3.86. The van der Waals surface area contributed by atoms with E-state index in [9.17, 15) is 4.39 Å². The second-order valence-electron chi connectivity index (χ2n) is 5.94. The second-order valence-corrected chi connectivity index (χ2v) is 5.94. The molecule has 1 heterocycles. The molecule has 0 aliphatic rings. The van der Waals surface area contributed by atoms with Crippen molar-refractivity contribution in [2.45, 2.75) is 19.6 Å². The highest BCUT2D eigenvalue weighted by Crippen LogP contribution is 2.04. The van der Waals surface area contributed by atoms with Gasteiger partial charge in [0.05, 0.1) is 12.7 Å². The van der Waals surface area contributed by atoms with E-state index >= 15 is 0 Å². The Morgan fingerprint density at radius 3 is 2.41 bits per heavy atom. The molecule has 7 heteroatoms. The van der Waals surface area contributed by atoms with Crippen LogP contribution in [0, 0.1) is 5.82 Å². The maximum atomic E-state index is 13.2. The highest BCUT2D eigenvalue weighted by atomic mass is 127. The Hall–Kier alpha value is -2.42. The molecule has 142 valence electrons. The van der Waals surface area contributed by atoms with Crippen LogP contribution in [-0.4, -0.2) is 22.8 Å². The summed E-state index contributed by atoms with van der Waals surface area (Å²) in [6.45, 7) is 1.86. The Kier molecular flexibility index (Phi) is 8.25. The summed E-state index contributed by atoms with van der Waals surface area (Å²) >= 11 is 0. The van der Waals surface area contributed by atoms with Crippen LogP contribution in [0.2, 0.25) is 0 Å². The number of nitrogens with one attached hydrogen (secondary N) is 2. The SMILES string of the molecule is CN=C(NCc1cccc(F)c1)NCc1cnn(Cc2ccccc2)c1.I. The first-order valence-electron chi connectivity index (χ1n) is 8.47. The van der Waals surface area contributed by atoms with Crippen LogP contribution in [0.5, 0.6) is 0 Å². The zero-order chi connectivity index (χ0) is 18.2. The molecule has 0 amide bonds. The smallest absolute Gasteiger partial charge is 0.191 e. The van der Waals surface area contributed by atoms with Crippen molar-refractivity contribution in [2.24, 2.45) is 4.99 Å². The van der Waals surface area contributed by atoms with Gasteiger partial charge in [-0.25, -0.2) is 4.39 Å². The third-order valence-electron chi connectivity index (χ3n) is 3.91. The maximum Gasteiger partial charge on any atom is 0.191 e. The van der Waals surface area contributed by atoms with E-state index in [1.165, 1.54) is 17.7 Å². The van der Waals surface area contributed by atoms with Crippen molar-refractivity contribution >= 4 is 29.9 Å². The average Bonchev–Trinajstić information content (AvgIpc) is 3.10. The third-order valence-corrected chi connectivity index (χ3v) is 3.91. The first-order chi connectivity index (χ1) is 12.7. The van der Waals surface area contributed by atoms with Crippen LogP contribution in [0.4, 0.5) is 4.39 Å². The summed E-state index contributed by atoms with van der Waals surface area (Å²) in [4.78, 5) is 4.19. The predicted octanol–water partition coefficient (Wildman–Crippen LogP) is 3.55. The van der Waals surface area contributed by atoms with E-state index in [-0.39, 0.29) is 29.8 Å². The van der Waals surface area contributed by atoms with Crippen molar-refractivity contribution in [3.8, 4) is 0 Å². The number of nitrogens with zero attached hydrogens (tertiary/aromatic N) is 3. The molecule has 3 aromatic rings. The van der Waals surface area contributed by atoms with Gasteiger partial charge < -0.3 is 10.6 Å². The first-order valence-corrected chi connectivity index (χ1v) is 8.47. The van der Waals surface area contributed by atoms with Crippen LogP contribution < -0.4 is 10.6 Å². The lowest BCUT2D eigenvalue weighted by molar-refractivity contribution is 0.624. The van der Waals surface area contributed by atoms with Crippen molar-refractivity contribution in [3.63, 3.8) is 0 Å². The number of guanidine groups is 1. The number of hydrogen-bond donors (Lipinski definition) is 2. The molecule has 3 rings (SSSR count). The number of aliphatic imine (C=N–C) groups is 1. The van der Waals surface area contributed by atoms with Gasteiger partial charge in [-0.3, -0.25) is 9.67 Å². The highest BCUT2D eigenvalue weighted by Gasteiger charge is 2.03. The van der Waals surface area contributed by atoms with Crippen LogP contribution in [0.15, 0.2) is 72.0 Å². The summed E-state index contributed by atoms with van der Waals surface area (Å²) in [7, 11) is 1.71. The highest BCUT2D eigenvalue weighted by molar-refractivity contribution is 14.0. The van der Waals surface area contributed by atoms with Crippen molar-refractivity contribution in [2.75, 3.05) is 7.05 Å². The van der Waals surface area contributed by atoms with Gasteiger partial charge in [-0.05, 0) is 23.3 Å². The number of halogens is 2. The second kappa shape index (κ2) is 10.7. The zero-order valence-electron chi connectivity index (χ0n) is 15.1. The third kappa shape index (κ3) is 6.67. The van der Waals surface area contributed by atoms with Crippen LogP contribution in [-0.2, 0) is 19.6 Å². The largest absolute Gasteiger partial charge is 0.352 e. The molecule has 2 aromatic carbocycles. The molecule has 0 bridgehead atoms. The molecule has 0 unspecified atom stereocenters. The van der Waals surface area contributed by atoms with Crippen molar-refractivity contribution in [1.82, 2.24) is 20.4 Å². The molecule has 0 saturated carbocycles. The van der Waals surface area contributed by atoms with Gasteiger partial charge in [-0.15, -0.1) is 24.0 Å². The summed E-state index contributed by atoms with van der Waals surface area (Å²) in [5, 5.41) is 10.8. The molecule has 0 saturated heterocycles. The quantitative estimate of drug-likeness (QED) is 0.323. The van der Waals surface area contributed by atoms with Gasteiger partial charge >= 0.3 is 0 Å². The number of benzene rings is 2. The molecule has 1 aromatic heterocycles. The minimum Gasteiger partial charge on any atom is -0.352 e. The van der Waals surface area contributed by atoms with E-state index in [0.717, 1.165) is 17.7 Å². The van der Waals surface area contributed by atoms with Gasteiger partial charge in [0.2, 0.25) is 0 Å². The Bertz CT molecular complexity index is 864. The van der Waals surface area contributed by atoms with Crippen LogP contribution in [0.25, 0.3) is 0 Å². The summed E-state index contributed by atoms with van der Waals surface area (Å²) in [5.41, 5.74) is 3.14. The predicted molar refractivity (Wildman–Crippen MR) is 117 cm³/mol. The van der Waals surface area contributed by atoms with E-state index in [1.807, 2.05) is 41.3 Å². The molecule has 5 nitrogen and oxygen atoms in total. The van der Waals surface area contributed by atoms with Gasteiger partial charge in [0.15, 0.2) is 5.96 Å². The van der Waals surface area contributed by atoms with Crippen LogP contribution in [0.3, 0.4) is 0 Å². The van der Waals surface area contributed by atoms with E-state index in [2.05, 4.69) is 32.9 Å². The van der Waals surface area contributed by atoms with Crippen molar-refractivity contribution < 1.29 is 4.39 Å². The standard InChI is InChI=1S/C20H22FN5.HI/c1-22-20(23-11-17-8-5-9-19(21)10-17)24-12-18-13-25-26(15-18)14-16-6-3-2-4-7-16;/h2-10,13,15H,11-12,14H2,1H3,(H2,22,23,24);1H. The lowest BCUT2D eigenvalue weighted by atomic mass is 10.2. The average molecular weight is 479 g/mol. The summed E-state index contributed by atoms with van der Waals surface area (Å²) in [5.74, 6) is 0.420. The molecular formula is C20H23FIN5. The first kappa shape index (κ1) is 20.9. The Morgan fingerprint density at radius 1 is 1.00 bits per heavy atom. The normalized spacial score (nSPS) is 11.0. The molecule has 0 spiro atoms. The molecule has 0 atom stereocenters. The minimum absolute atomic E-state index is 0. The fourth-order valence-electron chi connectivity index (χ4n) is 2.59. The Balaban J connectivity index is 0.00000261. The number of aromatic nitrogens is 2. The molecule has 0 radical (unpaired) electrons. The van der Waals surface area contributed by atoms with Gasteiger partial charge in [0.1, 0.15) is 5.82 Å². The van der Waals surface area contributed by atoms with E-state index < -0.39 is 0 Å². The minimum atomic E-state index is -0.238. The van der Waals surface area contributed by atoms with Crippen molar-refractivity contribution in [1.29, 1.82) is 0 Å².